The van der Waals surface area contributed by atoms with Crippen LogP contribution in [0.15, 0.2) is 60.7 Å². The monoisotopic (exact) mass is 406 g/mol. The average Bonchev–Trinajstić information content (AvgIpc) is 2.72. The Morgan fingerprint density at radius 2 is 1.21 bits per heavy atom. The minimum atomic E-state index is -2.38. The van der Waals surface area contributed by atoms with Gasteiger partial charge in [0.2, 0.25) is 0 Å². The highest BCUT2D eigenvalue weighted by Crippen LogP contribution is 2.36. The van der Waals surface area contributed by atoms with Gasteiger partial charge in [-0.25, -0.2) is 0 Å². The van der Waals surface area contributed by atoms with Crippen molar-refractivity contribution in [1.82, 2.24) is 0 Å². The molecule has 0 heterocycles. The summed E-state index contributed by atoms with van der Waals surface area (Å²) in [6, 6.07) is 21.8. The van der Waals surface area contributed by atoms with Crippen LogP contribution in [0.1, 0.15) is 72.6 Å². The van der Waals surface area contributed by atoms with Gasteiger partial charge in [-0.15, -0.1) is 11.8 Å². The minimum absolute atomic E-state index is 0.0504. The van der Waals surface area contributed by atoms with Crippen LogP contribution in [-0.2, 0) is 4.43 Å². The highest BCUT2D eigenvalue weighted by molar-refractivity contribution is 6.99. The topological polar surface area (TPSA) is 9.23 Å². The molecule has 0 aliphatic rings. The van der Waals surface area contributed by atoms with Gasteiger partial charge < -0.3 is 4.43 Å². The summed E-state index contributed by atoms with van der Waals surface area (Å²) in [5.74, 6) is 6.66. The van der Waals surface area contributed by atoms with E-state index in [0.717, 1.165) is 32.3 Å². The molecule has 0 spiro atoms. The van der Waals surface area contributed by atoms with E-state index in [-0.39, 0.29) is 5.04 Å². The Kier molecular flexibility index (Phi) is 9.71. The molecule has 2 aromatic rings. The highest BCUT2D eigenvalue weighted by atomic mass is 28.4. The Labute approximate surface area is 180 Å². The number of unbranched alkanes of at least 4 members (excludes halogenated alkanes) is 5. The molecule has 0 bridgehead atoms. The molecule has 0 aromatic heterocycles. The van der Waals surface area contributed by atoms with Crippen LogP contribution in [0.25, 0.3) is 0 Å². The van der Waals surface area contributed by atoms with Crippen molar-refractivity contribution in [3.8, 4) is 11.8 Å². The first-order valence-electron chi connectivity index (χ1n) is 11.2. The third-order valence-electron chi connectivity index (χ3n) is 5.46. The van der Waals surface area contributed by atoms with E-state index in [1.54, 1.807) is 0 Å². The predicted molar refractivity (Wildman–Crippen MR) is 129 cm³/mol. The van der Waals surface area contributed by atoms with Crippen LogP contribution in [0.5, 0.6) is 0 Å². The van der Waals surface area contributed by atoms with Crippen LogP contribution in [-0.4, -0.2) is 14.9 Å². The summed E-state index contributed by atoms with van der Waals surface area (Å²) < 4.78 is 6.92. The maximum absolute atomic E-state index is 6.92. The van der Waals surface area contributed by atoms with Crippen molar-refractivity contribution in [3.63, 3.8) is 0 Å². The Bertz CT molecular complexity index is 710. The SMILES string of the molecule is CCCCCC#CCCCCO[Si](c1ccccc1)(c1ccccc1)C(C)(C)C. The van der Waals surface area contributed by atoms with Crippen LogP contribution in [0.4, 0.5) is 0 Å². The molecule has 0 aliphatic heterocycles. The van der Waals surface area contributed by atoms with Gasteiger partial charge in [0, 0.05) is 19.4 Å². The fourth-order valence-electron chi connectivity index (χ4n) is 3.94. The van der Waals surface area contributed by atoms with Crippen molar-refractivity contribution in [1.29, 1.82) is 0 Å². The third-order valence-corrected chi connectivity index (χ3v) is 10.5. The van der Waals surface area contributed by atoms with E-state index in [0.29, 0.717) is 0 Å². The maximum Gasteiger partial charge on any atom is 0.261 e. The quantitative estimate of drug-likeness (QED) is 0.255. The first-order chi connectivity index (χ1) is 14.0. The zero-order valence-corrected chi connectivity index (χ0v) is 19.8. The van der Waals surface area contributed by atoms with E-state index in [1.807, 2.05) is 0 Å². The molecule has 0 radical (unpaired) electrons. The minimum Gasteiger partial charge on any atom is -0.407 e. The van der Waals surface area contributed by atoms with Gasteiger partial charge in [-0.2, -0.15) is 0 Å². The van der Waals surface area contributed by atoms with Gasteiger partial charge in [0.1, 0.15) is 0 Å². The molecule has 2 aromatic carbocycles. The first kappa shape index (κ1) is 23.5. The summed E-state index contributed by atoms with van der Waals surface area (Å²) in [6.45, 7) is 10.0. The van der Waals surface area contributed by atoms with Gasteiger partial charge >= 0.3 is 0 Å². The van der Waals surface area contributed by atoms with Gasteiger partial charge in [0.05, 0.1) is 0 Å². The summed E-state index contributed by atoms with van der Waals surface area (Å²) in [4.78, 5) is 0. The van der Waals surface area contributed by atoms with Crippen LogP contribution < -0.4 is 10.4 Å². The lowest BCUT2D eigenvalue weighted by Crippen LogP contribution is -2.66. The molecule has 0 saturated heterocycles. The zero-order valence-electron chi connectivity index (χ0n) is 18.8. The van der Waals surface area contributed by atoms with Gasteiger partial charge in [0.15, 0.2) is 0 Å². The first-order valence-corrected chi connectivity index (χ1v) is 13.1. The van der Waals surface area contributed by atoms with E-state index in [9.17, 15) is 0 Å². The lowest BCUT2D eigenvalue weighted by molar-refractivity contribution is 0.289. The lowest BCUT2D eigenvalue weighted by atomic mass is 10.2. The third kappa shape index (κ3) is 6.59. The van der Waals surface area contributed by atoms with Gasteiger partial charge in [0.25, 0.3) is 8.32 Å². The zero-order chi connectivity index (χ0) is 21.0. The van der Waals surface area contributed by atoms with Crippen molar-refractivity contribution in [2.24, 2.45) is 0 Å². The Hall–Kier alpha value is -1.82. The van der Waals surface area contributed by atoms with E-state index >= 15 is 0 Å². The summed E-state index contributed by atoms with van der Waals surface area (Å²) in [6.07, 6.45) is 8.00. The molecular weight excluding hydrogens is 368 g/mol. The summed E-state index contributed by atoms with van der Waals surface area (Å²) in [5, 5.41) is 2.76. The van der Waals surface area contributed by atoms with E-state index < -0.39 is 8.32 Å². The second-order valence-corrected chi connectivity index (χ2v) is 13.1. The molecule has 156 valence electrons. The molecule has 0 atom stereocenters. The summed E-state index contributed by atoms with van der Waals surface area (Å²) >= 11 is 0. The highest BCUT2D eigenvalue weighted by Gasteiger charge is 2.49. The van der Waals surface area contributed by atoms with Gasteiger partial charge in [-0.1, -0.05) is 101 Å². The average molecular weight is 407 g/mol. The normalized spacial score (nSPS) is 11.7. The Morgan fingerprint density at radius 3 is 1.66 bits per heavy atom. The van der Waals surface area contributed by atoms with Crippen LogP contribution in [0, 0.1) is 11.8 Å². The fourth-order valence-corrected chi connectivity index (χ4v) is 8.55. The number of benzene rings is 2. The Morgan fingerprint density at radius 1 is 0.724 bits per heavy atom. The molecule has 0 amide bonds. The van der Waals surface area contributed by atoms with Crippen molar-refractivity contribution in [2.45, 2.75) is 77.7 Å². The molecule has 0 N–H and O–H groups in total. The molecule has 0 fully saturated rings. The number of hydrogen-bond acceptors (Lipinski definition) is 1. The molecular formula is C27H38OSi. The molecule has 2 heteroatoms. The summed E-state index contributed by atoms with van der Waals surface area (Å²) in [7, 11) is -2.38. The van der Waals surface area contributed by atoms with Crippen molar-refractivity contribution in [2.75, 3.05) is 6.61 Å². The standard InChI is InChI=1S/C27H38OSi/c1-5-6-7-8-9-10-11-12-19-24-28-29(27(2,3)4,25-20-15-13-16-21-25)26-22-17-14-18-23-26/h13-18,20-23H,5-8,11-12,19,24H2,1-4H3. The molecule has 1 nitrogen and oxygen atoms in total. The summed E-state index contributed by atoms with van der Waals surface area (Å²) in [5.41, 5.74) is 0. The predicted octanol–water partition coefficient (Wildman–Crippen LogP) is 6.32. The number of rotatable bonds is 10. The molecule has 0 unspecified atom stereocenters. The molecule has 0 aliphatic carbocycles. The fraction of sp³-hybridized carbons (Fsp3) is 0.481. The van der Waals surface area contributed by atoms with Gasteiger partial charge in [-0.05, 0) is 34.7 Å². The second-order valence-electron chi connectivity index (χ2n) is 8.78. The molecule has 0 saturated carbocycles. The van der Waals surface area contributed by atoms with Crippen LogP contribution in [0.3, 0.4) is 0 Å². The van der Waals surface area contributed by atoms with Crippen LogP contribution >= 0.6 is 0 Å². The van der Waals surface area contributed by atoms with Gasteiger partial charge in [-0.3, -0.25) is 0 Å². The molecule has 2 rings (SSSR count). The van der Waals surface area contributed by atoms with E-state index in [4.69, 9.17) is 4.43 Å². The number of hydrogen-bond donors (Lipinski definition) is 0. The lowest BCUT2D eigenvalue weighted by Gasteiger charge is -2.43. The largest absolute Gasteiger partial charge is 0.407 e. The van der Waals surface area contributed by atoms with Crippen molar-refractivity contribution >= 4 is 18.7 Å². The molecule has 29 heavy (non-hydrogen) atoms. The van der Waals surface area contributed by atoms with Crippen LogP contribution in [0.2, 0.25) is 5.04 Å². The Balaban J connectivity index is 2.08. The van der Waals surface area contributed by atoms with E-state index in [1.165, 1.54) is 29.6 Å². The smallest absolute Gasteiger partial charge is 0.261 e. The maximum atomic E-state index is 6.92. The second kappa shape index (κ2) is 12.0. The van der Waals surface area contributed by atoms with Crippen molar-refractivity contribution < 1.29 is 4.43 Å². The van der Waals surface area contributed by atoms with E-state index in [2.05, 4.69) is 100 Å². The van der Waals surface area contributed by atoms with Crippen molar-refractivity contribution in [3.05, 3.63) is 60.7 Å².